The molecule has 0 spiro atoms. The molecule has 0 aliphatic heterocycles. The first kappa shape index (κ1) is 14.0. The Morgan fingerprint density at radius 2 is 1.91 bits per heavy atom. The number of nitrogens with zero attached hydrogens (tertiary/aromatic N) is 6. The van der Waals surface area contributed by atoms with Crippen molar-refractivity contribution in [2.45, 2.75) is 6.54 Å². The Labute approximate surface area is 139 Å². The largest absolute Gasteiger partial charge is 0.419 e. The number of hydrogen-bond donors (Lipinski definition) is 0. The molecule has 4 rings (SSSR count). The summed E-state index contributed by atoms with van der Waals surface area (Å²) in [5, 5.41) is 24.9. The first-order valence-corrected chi connectivity index (χ1v) is 7.99. The summed E-state index contributed by atoms with van der Waals surface area (Å²) in [5.41, 5.74) is 1.74. The standard InChI is InChI=1S/C14H9ClN6OS/c15-11-3-1-9(2-4-11)14-18-16-12(22-14)7-21-19-13(17-20-21)10-5-6-23-8-10/h1-6,8H,7H2. The minimum atomic E-state index is 0.262. The van der Waals surface area contributed by atoms with Crippen LogP contribution in [-0.2, 0) is 6.54 Å². The third-order valence-corrected chi connectivity index (χ3v) is 4.00. The SMILES string of the molecule is Clc1ccc(-c2nnc(Cn3nnc(-c4ccsc4)n3)o2)cc1. The number of benzene rings is 1. The molecule has 0 aliphatic carbocycles. The first-order chi connectivity index (χ1) is 11.3. The van der Waals surface area contributed by atoms with Crippen molar-refractivity contribution in [2.24, 2.45) is 0 Å². The van der Waals surface area contributed by atoms with Gasteiger partial charge in [0.2, 0.25) is 17.6 Å². The van der Waals surface area contributed by atoms with Crippen LogP contribution in [0.1, 0.15) is 5.89 Å². The molecule has 114 valence electrons. The number of hydrogen-bond acceptors (Lipinski definition) is 7. The van der Waals surface area contributed by atoms with E-state index in [0.717, 1.165) is 11.1 Å². The van der Waals surface area contributed by atoms with Gasteiger partial charge in [-0.05, 0) is 40.9 Å². The number of thiophene rings is 1. The van der Waals surface area contributed by atoms with E-state index >= 15 is 0 Å². The zero-order valence-electron chi connectivity index (χ0n) is 11.6. The summed E-state index contributed by atoms with van der Waals surface area (Å²) in [4.78, 5) is 1.42. The van der Waals surface area contributed by atoms with Gasteiger partial charge in [0.15, 0.2) is 0 Å². The van der Waals surface area contributed by atoms with Crippen LogP contribution in [0.2, 0.25) is 5.02 Å². The zero-order chi connectivity index (χ0) is 15.6. The molecule has 0 bridgehead atoms. The van der Waals surface area contributed by atoms with Gasteiger partial charge in [-0.2, -0.15) is 16.1 Å². The molecule has 0 radical (unpaired) electrons. The van der Waals surface area contributed by atoms with Gasteiger partial charge in [-0.15, -0.1) is 20.4 Å². The second kappa shape index (κ2) is 5.90. The Kier molecular flexibility index (Phi) is 3.60. The molecule has 0 fully saturated rings. The number of rotatable bonds is 4. The fourth-order valence-electron chi connectivity index (χ4n) is 1.97. The van der Waals surface area contributed by atoms with Gasteiger partial charge < -0.3 is 4.42 Å². The topological polar surface area (TPSA) is 82.5 Å². The Hall–Kier alpha value is -2.58. The molecule has 3 heterocycles. The smallest absolute Gasteiger partial charge is 0.247 e. The van der Waals surface area contributed by atoms with Crippen LogP contribution >= 0.6 is 22.9 Å². The molecule has 7 nitrogen and oxygen atoms in total. The van der Waals surface area contributed by atoms with Crippen LogP contribution in [0.5, 0.6) is 0 Å². The quantitative estimate of drug-likeness (QED) is 0.565. The summed E-state index contributed by atoms with van der Waals surface area (Å²) in [6.45, 7) is 0.262. The Morgan fingerprint density at radius 3 is 2.70 bits per heavy atom. The predicted octanol–water partition coefficient (Wildman–Crippen LogP) is 3.15. The summed E-state index contributed by atoms with van der Waals surface area (Å²) >= 11 is 7.45. The van der Waals surface area contributed by atoms with E-state index in [9.17, 15) is 0 Å². The third kappa shape index (κ3) is 2.99. The van der Waals surface area contributed by atoms with Gasteiger partial charge in [-0.25, -0.2) is 0 Å². The molecule has 0 saturated heterocycles. The molecular formula is C14H9ClN6OS. The number of tetrazole rings is 1. The van der Waals surface area contributed by atoms with E-state index in [1.54, 1.807) is 23.5 Å². The molecule has 0 unspecified atom stereocenters. The van der Waals surface area contributed by atoms with Crippen LogP contribution in [0, 0.1) is 0 Å². The summed E-state index contributed by atoms with van der Waals surface area (Å²) < 4.78 is 5.62. The average molecular weight is 345 g/mol. The van der Waals surface area contributed by atoms with Crippen LogP contribution < -0.4 is 0 Å². The Balaban J connectivity index is 1.53. The Morgan fingerprint density at radius 1 is 1.04 bits per heavy atom. The van der Waals surface area contributed by atoms with Gasteiger partial charge >= 0.3 is 0 Å². The molecule has 23 heavy (non-hydrogen) atoms. The minimum Gasteiger partial charge on any atom is -0.419 e. The summed E-state index contributed by atoms with van der Waals surface area (Å²) in [7, 11) is 0. The summed E-state index contributed by atoms with van der Waals surface area (Å²) in [6, 6.07) is 9.13. The lowest BCUT2D eigenvalue weighted by Gasteiger charge is -1.94. The van der Waals surface area contributed by atoms with Gasteiger partial charge in [0, 0.05) is 21.5 Å². The highest BCUT2D eigenvalue weighted by atomic mass is 35.5. The van der Waals surface area contributed by atoms with Crippen molar-refractivity contribution in [1.29, 1.82) is 0 Å². The van der Waals surface area contributed by atoms with E-state index in [2.05, 4.69) is 25.6 Å². The van der Waals surface area contributed by atoms with Gasteiger partial charge in [0.05, 0.1) is 0 Å². The van der Waals surface area contributed by atoms with Crippen molar-refractivity contribution in [3.63, 3.8) is 0 Å². The van der Waals surface area contributed by atoms with Crippen molar-refractivity contribution in [3.05, 3.63) is 52.0 Å². The van der Waals surface area contributed by atoms with E-state index in [1.807, 2.05) is 29.0 Å². The monoisotopic (exact) mass is 344 g/mol. The molecule has 0 aliphatic rings. The van der Waals surface area contributed by atoms with Gasteiger partial charge in [0.1, 0.15) is 6.54 Å². The van der Waals surface area contributed by atoms with Crippen molar-refractivity contribution in [2.75, 3.05) is 0 Å². The van der Waals surface area contributed by atoms with E-state index in [1.165, 1.54) is 4.80 Å². The highest BCUT2D eigenvalue weighted by molar-refractivity contribution is 7.08. The second-order valence-corrected chi connectivity index (χ2v) is 5.88. The fraction of sp³-hybridized carbons (Fsp3) is 0.0714. The van der Waals surface area contributed by atoms with Gasteiger partial charge in [-0.3, -0.25) is 0 Å². The highest BCUT2D eigenvalue weighted by Crippen LogP contribution is 2.20. The predicted molar refractivity (Wildman–Crippen MR) is 85.0 cm³/mol. The van der Waals surface area contributed by atoms with Crippen molar-refractivity contribution >= 4 is 22.9 Å². The second-order valence-electron chi connectivity index (χ2n) is 4.66. The average Bonchev–Trinajstić information content (AvgIpc) is 3.29. The molecule has 0 saturated carbocycles. The van der Waals surface area contributed by atoms with E-state index < -0.39 is 0 Å². The maximum atomic E-state index is 5.86. The van der Waals surface area contributed by atoms with Crippen LogP contribution in [-0.4, -0.2) is 30.4 Å². The molecule has 0 amide bonds. The highest BCUT2D eigenvalue weighted by Gasteiger charge is 2.12. The molecule has 4 aromatic rings. The summed E-state index contributed by atoms with van der Waals surface area (Å²) in [6.07, 6.45) is 0. The molecule has 0 N–H and O–H groups in total. The fourth-order valence-corrected chi connectivity index (χ4v) is 2.73. The number of aromatic nitrogens is 6. The van der Waals surface area contributed by atoms with E-state index in [0.29, 0.717) is 22.6 Å². The van der Waals surface area contributed by atoms with Crippen LogP contribution in [0.4, 0.5) is 0 Å². The minimum absolute atomic E-state index is 0.262. The lowest BCUT2D eigenvalue weighted by Crippen LogP contribution is -2.04. The normalized spacial score (nSPS) is 11.0. The number of halogens is 1. The van der Waals surface area contributed by atoms with Crippen LogP contribution in [0.15, 0.2) is 45.5 Å². The van der Waals surface area contributed by atoms with Crippen LogP contribution in [0.3, 0.4) is 0 Å². The van der Waals surface area contributed by atoms with Gasteiger partial charge in [0.25, 0.3) is 0 Å². The maximum Gasteiger partial charge on any atom is 0.247 e. The maximum absolute atomic E-state index is 5.86. The molecule has 1 aromatic carbocycles. The van der Waals surface area contributed by atoms with Crippen molar-refractivity contribution < 1.29 is 4.42 Å². The van der Waals surface area contributed by atoms with E-state index in [4.69, 9.17) is 16.0 Å². The molecular weight excluding hydrogens is 336 g/mol. The summed E-state index contributed by atoms with van der Waals surface area (Å²) in [5.74, 6) is 1.41. The van der Waals surface area contributed by atoms with Gasteiger partial charge in [-0.1, -0.05) is 11.6 Å². The van der Waals surface area contributed by atoms with E-state index in [-0.39, 0.29) is 6.54 Å². The van der Waals surface area contributed by atoms with Crippen molar-refractivity contribution in [3.8, 4) is 22.8 Å². The third-order valence-electron chi connectivity index (χ3n) is 3.07. The Bertz CT molecular complexity index is 915. The van der Waals surface area contributed by atoms with Crippen molar-refractivity contribution in [1.82, 2.24) is 30.4 Å². The lowest BCUT2D eigenvalue weighted by molar-refractivity contribution is 0.446. The molecule has 0 atom stereocenters. The molecule has 9 heteroatoms. The van der Waals surface area contributed by atoms with Crippen LogP contribution in [0.25, 0.3) is 22.8 Å². The molecule has 3 aromatic heterocycles. The first-order valence-electron chi connectivity index (χ1n) is 6.66. The zero-order valence-corrected chi connectivity index (χ0v) is 13.2. The lowest BCUT2D eigenvalue weighted by atomic mass is 10.2.